The van der Waals surface area contributed by atoms with Crippen LogP contribution in [0.3, 0.4) is 0 Å². The fourth-order valence-electron chi connectivity index (χ4n) is 2.67. The first-order valence-corrected chi connectivity index (χ1v) is 7.51. The van der Waals surface area contributed by atoms with E-state index in [-0.39, 0.29) is 11.8 Å². The lowest BCUT2D eigenvalue weighted by atomic mass is 9.98. The lowest BCUT2D eigenvalue weighted by Gasteiger charge is -2.29. The number of nitrogens with zero attached hydrogens (tertiary/aromatic N) is 2. The molecule has 0 atom stereocenters. The Balaban J connectivity index is 1.62. The van der Waals surface area contributed by atoms with Gasteiger partial charge in [-0.25, -0.2) is 0 Å². The number of carbonyl (C=O) groups is 1. The van der Waals surface area contributed by atoms with Gasteiger partial charge in [0.15, 0.2) is 0 Å². The second kappa shape index (κ2) is 7.69. The largest absolute Gasteiger partial charge is 0.343 e. The second-order valence-electron chi connectivity index (χ2n) is 5.48. The van der Waals surface area contributed by atoms with Crippen LogP contribution < -0.4 is 0 Å². The van der Waals surface area contributed by atoms with Crippen molar-refractivity contribution in [1.29, 1.82) is 5.26 Å². The summed E-state index contributed by atoms with van der Waals surface area (Å²) >= 11 is 0. The van der Waals surface area contributed by atoms with Gasteiger partial charge in [-0.2, -0.15) is 5.26 Å². The van der Waals surface area contributed by atoms with Gasteiger partial charge in [0, 0.05) is 25.4 Å². The number of nitriles is 1. The van der Waals surface area contributed by atoms with Crippen molar-refractivity contribution >= 4 is 5.91 Å². The van der Waals surface area contributed by atoms with Gasteiger partial charge in [0.05, 0.1) is 6.07 Å². The van der Waals surface area contributed by atoms with E-state index < -0.39 is 0 Å². The number of benzene rings is 1. The number of aryl methyl sites for hydroxylation is 1. The van der Waals surface area contributed by atoms with Crippen LogP contribution in [0, 0.1) is 17.2 Å². The molecule has 0 unspecified atom stereocenters. The summed E-state index contributed by atoms with van der Waals surface area (Å²) in [4.78, 5) is 14.0. The molecule has 3 nitrogen and oxygen atoms in total. The van der Waals surface area contributed by atoms with Crippen molar-refractivity contribution in [2.24, 2.45) is 5.92 Å². The van der Waals surface area contributed by atoms with Gasteiger partial charge in [-0.15, -0.1) is 0 Å². The molecule has 20 heavy (non-hydrogen) atoms. The molecule has 1 amide bonds. The van der Waals surface area contributed by atoms with E-state index in [1.165, 1.54) is 5.56 Å². The summed E-state index contributed by atoms with van der Waals surface area (Å²) in [6, 6.07) is 12.7. The molecular weight excluding hydrogens is 248 g/mol. The molecule has 0 saturated carbocycles. The number of amides is 1. The third-order valence-electron chi connectivity index (χ3n) is 3.98. The minimum atomic E-state index is 0.150. The van der Waals surface area contributed by atoms with Crippen molar-refractivity contribution in [2.75, 3.05) is 13.1 Å². The monoisotopic (exact) mass is 270 g/mol. The lowest BCUT2D eigenvalue weighted by molar-refractivity contribution is -0.132. The van der Waals surface area contributed by atoms with Gasteiger partial charge < -0.3 is 4.90 Å². The maximum Gasteiger partial charge on any atom is 0.222 e. The molecule has 0 radical (unpaired) electrons. The molecule has 1 heterocycles. The number of carbonyl (C=O) groups excluding carboxylic acids is 1. The van der Waals surface area contributed by atoms with E-state index >= 15 is 0 Å². The van der Waals surface area contributed by atoms with Gasteiger partial charge in [0.25, 0.3) is 0 Å². The summed E-state index contributed by atoms with van der Waals surface area (Å²) in [5, 5.41) is 8.84. The predicted octanol–water partition coefficient (Wildman–Crippen LogP) is 3.16. The molecule has 2 rings (SSSR count). The summed E-state index contributed by atoms with van der Waals surface area (Å²) in [6.45, 7) is 1.52. The molecule has 0 aromatic heterocycles. The zero-order valence-corrected chi connectivity index (χ0v) is 11.9. The molecule has 1 aliphatic heterocycles. The number of hydrogen-bond donors (Lipinski definition) is 0. The molecule has 0 spiro atoms. The first-order valence-electron chi connectivity index (χ1n) is 7.51. The molecule has 0 N–H and O–H groups in total. The fourth-order valence-corrected chi connectivity index (χ4v) is 2.67. The fraction of sp³-hybridized carbons (Fsp3) is 0.529. The van der Waals surface area contributed by atoms with Crippen molar-refractivity contribution in [1.82, 2.24) is 4.90 Å². The van der Waals surface area contributed by atoms with Crippen molar-refractivity contribution < 1.29 is 4.79 Å². The summed E-state index contributed by atoms with van der Waals surface area (Å²) in [5.41, 5.74) is 1.34. The molecule has 106 valence electrons. The van der Waals surface area contributed by atoms with E-state index in [0.29, 0.717) is 6.42 Å². The minimum Gasteiger partial charge on any atom is -0.343 e. The van der Waals surface area contributed by atoms with Gasteiger partial charge >= 0.3 is 0 Å². The van der Waals surface area contributed by atoms with Gasteiger partial charge in [-0.1, -0.05) is 30.3 Å². The number of hydrogen-bond acceptors (Lipinski definition) is 2. The Morgan fingerprint density at radius 2 is 1.90 bits per heavy atom. The minimum absolute atomic E-state index is 0.150. The number of rotatable bonds is 5. The zero-order chi connectivity index (χ0) is 14.2. The van der Waals surface area contributed by atoms with E-state index in [1.807, 2.05) is 11.0 Å². The molecule has 1 aromatic rings. The zero-order valence-electron chi connectivity index (χ0n) is 11.9. The molecule has 1 aromatic carbocycles. The van der Waals surface area contributed by atoms with Gasteiger partial charge in [-0.05, 0) is 37.7 Å². The average Bonchev–Trinajstić information content (AvgIpc) is 2.52. The molecule has 1 fully saturated rings. The molecule has 1 aliphatic rings. The van der Waals surface area contributed by atoms with Crippen LogP contribution >= 0.6 is 0 Å². The first kappa shape index (κ1) is 14.6. The van der Waals surface area contributed by atoms with E-state index in [2.05, 4.69) is 30.3 Å². The maximum atomic E-state index is 12.0. The summed E-state index contributed by atoms with van der Waals surface area (Å²) in [7, 11) is 0. The summed E-state index contributed by atoms with van der Waals surface area (Å²) < 4.78 is 0. The smallest absolute Gasteiger partial charge is 0.222 e. The number of unbranched alkanes of at least 4 members (excludes halogenated alkanes) is 1. The molecule has 1 saturated heterocycles. The predicted molar refractivity (Wildman–Crippen MR) is 78.9 cm³/mol. The van der Waals surface area contributed by atoms with E-state index in [1.54, 1.807) is 0 Å². The second-order valence-corrected chi connectivity index (χ2v) is 5.48. The third-order valence-corrected chi connectivity index (χ3v) is 3.98. The normalized spacial score (nSPS) is 15.8. The molecule has 0 bridgehead atoms. The highest BCUT2D eigenvalue weighted by Gasteiger charge is 2.21. The first-order chi connectivity index (χ1) is 9.79. The SMILES string of the molecule is N#CC1CCN(C(=O)CCCCc2ccccc2)CC1. The van der Waals surface area contributed by atoms with Crippen LogP contribution in [-0.2, 0) is 11.2 Å². The van der Waals surface area contributed by atoms with Crippen LogP contribution in [0.5, 0.6) is 0 Å². The van der Waals surface area contributed by atoms with Gasteiger partial charge in [0.2, 0.25) is 5.91 Å². The van der Waals surface area contributed by atoms with Crippen LogP contribution in [0.1, 0.15) is 37.7 Å². The van der Waals surface area contributed by atoms with Crippen molar-refractivity contribution in [3.63, 3.8) is 0 Å². The summed E-state index contributed by atoms with van der Waals surface area (Å²) in [6.07, 6.45) is 5.38. The average molecular weight is 270 g/mol. The Morgan fingerprint density at radius 1 is 1.20 bits per heavy atom. The molecular formula is C17H22N2O. The Labute approximate surface area is 121 Å². The van der Waals surface area contributed by atoms with Crippen LogP contribution in [0.25, 0.3) is 0 Å². The van der Waals surface area contributed by atoms with Crippen LogP contribution in [0.4, 0.5) is 0 Å². The topological polar surface area (TPSA) is 44.1 Å². The van der Waals surface area contributed by atoms with E-state index in [9.17, 15) is 4.79 Å². The Morgan fingerprint density at radius 3 is 2.55 bits per heavy atom. The maximum absolute atomic E-state index is 12.0. The number of piperidine rings is 1. The molecule has 3 heteroatoms. The van der Waals surface area contributed by atoms with Crippen molar-refractivity contribution in [3.05, 3.63) is 35.9 Å². The molecule has 0 aliphatic carbocycles. The lowest BCUT2D eigenvalue weighted by Crippen LogP contribution is -2.38. The van der Waals surface area contributed by atoms with Gasteiger partial charge in [0.1, 0.15) is 0 Å². The van der Waals surface area contributed by atoms with Gasteiger partial charge in [-0.3, -0.25) is 4.79 Å². The quantitative estimate of drug-likeness (QED) is 0.771. The van der Waals surface area contributed by atoms with E-state index in [0.717, 1.165) is 45.2 Å². The van der Waals surface area contributed by atoms with E-state index in [4.69, 9.17) is 5.26 Å². The Hall–Kier alpha value is -1.82. The number of likely N-dealkylation sites (tertiary alicyclic amines) is 1. The summed E-state index contributed by atoms with van der Waals surface area (Å²) in [5.74, 6) is 0.409. The van der Waals surface area contributed by atoms with Crippen LogP contribution in [0.15, 0.2) is 30.3 Å². The highest BCUT2D eigenvalue weighted by Crippen LogP contribution is 2.17. The van der Waals surface area contributed by atoms with Crippen molar-refractivity contribution in [3.8, 4) is 6.07 Å². The van der Waals surface area contributed by atoms with Crippen LogP contribution in [0.2, 0.25) is 0 Å². The third kappa shape index (κ3) is 4.38. The van der Waals surface area contributed by atoms with Crippen molar-refractivity contribution in [2.45, 2.75) is 38.5 Å². The highest BCUT2D eigenvalue weighted by atomic mass is 16.2. The van der Waals surface area contributed by atoms with Crippen LogP contribution in [-0.4, -0.2) is 23.9 Å². The Kier molecular flexibility index (Phi) is 5.61. The highest BCUT2D eigenvalue weighted by molar-refractivity contribution is 5.76. The standard InChI is InChI=1S/C17H22N2O/c18-14-16-10-12-19(13-11-16)17(20)9-5-4-8-15-6-2-1-3-7-15/h1-3,6-7,16H,4-5,8-13H2. The Bertz CT molecular complexity index is 456.